The fraction of sp³-hybridized carbons (Fsp3) is 0.0588. The molecule has 5 heteroatoms. The number of hydrogen-bond donors (Lipinski definition) is 0. The molecule has 0 fully saturated rings. The molecule has 0 bridgehead atoms. The topological polar surface area (TPSA) is 50.8 Å². The molecule has 0 N–H and O–H groups in total. The second-order valence-electron chi connectivity index (χ2n) is 4.67. The van der Waals surface area contributed by atoms with Crippen LogP contribution in [-0.4, -0.2) is 9.78 Å². The van der Waals surface area contributed by atoms with Gasteiger partial charge in [0.2, 0.25) is 0 Å². The highest BCUT2D eigenvalue weighted by atomic mass is 35.5. The van der Waals surface area contributed by atoms with Crippen molar-refractivity contribution in [3.8, 4) is 17.5 Å². The summed E-state index contributed by atoms with van der Waals surface area (Å²) in [5.74, 6) is 0.549. The van der Waals surface area contributed by atoms with Crippen molar-refractivity contribution in [2.24, 2.45) is 0 Å². The van der Waals surface area contributed by atoms with Gasteiger partial charge in [0.05, 0.1) is 28.5 Å². The fourth-order valence-corrected chi connectivity index (χ4v) is 2.24. The maximum absolute atomic E-state index is 8.81. The molecule has 0 saturated heterocycles. The lowest BCUT2D eigenvalue weighted by molar-refractivity contribution is 0.306. The lowest BCUT2D eigenvalue weighted by Crippen LogP contribution is -1.96. The van der Waals surface area contributed by atoms with Crippen LogP contribution in [0.2, 0.25) is 5.02 Å². The second kappa shape index (κ2) is 6.33. The molecule has 0 unspecified atom stereocenters. The Morgan fingerprint density at radius 1 is 1.18 bits per heavy atom. The number of para-hydroxylation sites is 1. The van der Waals surface area contributed by atoms with Gasteiger partial charge in [0.15, 0.2) is 0 Å². The van der Waals surface area contributed by atoms with Crippen LogP contribution in [0.15, 0.2) is 60.9 Å². The van der Waals surface area contributed by atoms with E-state index in [1.807, 2.05) is 42.6 Å². The zero-order chi connectivity index (χ0) is 15.4. The maximum Gasteiger partial charge on any atom is 0.138 e. The van der Waals surface area contributed by atoms with E-state index in [0.717, 1.165) is 11.3 Å². The number of nitriles is 1. The predicted octanol–water partition coefficient (Wildman–Crippen LogP) is 3.98. The molecule has 0 radical (unpaired) electrons. The quantitative estimate of drug-likeness (QED) is 0.732. The minimum atomic E-state index is 0.360. The standard InChI is InChI=1S/C17H12ClN3O/c18-16-8-13(9-19)6-7-17(16)22-12-14-10-20-21(11-14)15-4-2-1-3-5-15/h1-8,10-11H,12H2. The second-order valence-corrected chi connectivity index (χ2v) is 5.08. The van der Waals surface area contributed by atoms with E-state index in [1.165, 1.54) is 0 Å². The number of rotatable bonds is 4. The van der Waals surface area contributed by atoms with Gasteiger partial charge >= 0.3 is 0 Å². The Labute approximate surface area is 133 Å². The molecule has 0 amide bonds. The molecule has 0 aliphatic heterocycles. The van der Waals surface area contributed by atoms with E-state index in [1.54, 1.807) is 29.1 Å². The Hall–Kier alpha value is -2.77. The van der Waals surface area contributed by atoms with Crippen LogP contribution in [0.4, 0.5) is 0 Å². The van der Waals surface area contributed by atoms with Crippen molar-refractivity contribution in [2.45, 2.75) is 6.61 Å². The molecule has 0 spiro atoms. The third kappa shape index (κ3) is 3.11. The summed E-state index contributed by atoms with van der Waals surface area (Å²) >= 11 is 6.08. The van der Waals surface area contributed by atoms with Crippen LogP contribution in [0.5, 0.6) is 5.75 Å². The molecule has 4 nitrogen and oxygen atoms in total. The van der Waals surface area contributed by atoms with Crippen molar-refractivity contribution in [1.29, 1.82) is 5.26 Å². The third-order valence-corrected chi connectivity index (χ3v) is 3.41. The lowest BCUT2D eigenvalue weighted by atomic mass is 10.2. The molecule has 3 rings (SSSR count). The van der Waals surface area contributed by atoms with E-state index in [2.05, 4.69) is 5.10 Å². The van der Waals surface area contributed by atoms with Crippen molar-refractivity contribution in [2.75, 3.05) is 0 Å². The highest BCUT2D eigenvalue weighted by Crippen LogP contribution is 2.26. The molecule has 0 saturated carbocycles. The van der Waals surface area contributed by atoms with Crippen molar-refractivity contribution in [3.05, 3.63) is 77.1 Å². The SMILES string of the molecule is N#Cc1ccc(OCc2cnn(-c3ccccc3)c2)c(Cl)c1. The summed E-state index contributed by atoms with van der Waals surface area (Å²) in [5.41, 5.74) is 2.43. The van der Waals surface area contributed by atoms with Gasteiger partial charge in [-0.25, -0.2) is 4.68 Å². The van der Waals surface area contributed by atoms with Crippen molar-refractivity contribution in [3.63, 3.8) is 0 Å². The van der Waals surface area contributed by atoms with E-state index < -0.39 is 0 Å². The van der Waals surface area contributed by atoms with Crippen LogP contribution >= 0.6 is 11.6 Å². The number of aromatic nitrogens is 2. The van der Waals surface area contributed by atoms with E-state index >= 15 is 0 Å². The van der Waals surface area contributed by atoms with E-state index in [0.29, 0.717) is 22.9 Å². The predicted molar refractivity (Wildman–Crippen MR) is 84.1 cm³/mol. The van der Waals surface area contributed by atoms with E-state index in [4.69, 9.17) is 21.6 Å². The van der Waals surface area contributed by atoms with E-state index in [9.17, 15) is 0 Å². The molecule has 1 heterocycles. The lowest BCUT2D eigenvalue weighted by Gasteiger charge is -2.06. The number of benzene rings is 2. The molecular weight excluding hydrogens is 298 g/mol. The summed E-state index contributed by atoms with van der Waals surface area (Å²) in [5, 5.41) is 13.5. The Morgan fingerprint density at radius 3 is 2.73 bits per heavy atom. The number of halogens is 1. The van der Waals surface area contributed by atoms with Crippen LogP contribution in [0.25, 0.3) is 5.69 Å². The molecule has 3 aromatic rings. The highest BCUT2D eigenvalue weighted by molar-refractivity contribution is 6.32. The van der Waals surface area contributed by atoms with Gasteiger partial charge in [0.25, 0.3) is 0 Å². The van der Waals surface area contributed by atoms with Crippen LogP contribution in [0.3, 0.4) is 0 Å². The minimum Gasteiger partial charge on any atom is -0.487 e. The molecule has 108 valence electrons. The Balaban J connectivity index is 1.70. The molecule has 0 aliphatic carbocycles. The maximum atomic E-state index is 8.81. The normalized spacial score (nSPS) is 10.2. The average molecular weight is 310 g/mol. The molecular formula is C17H12ClN3O. The highest BCUT2D eigenvalue weighted by Gasteiger charge is 2.05. The number of nitrogens with zero attached hydrogens (tertiary/aromatic N) is 3. The van der Waals surface area contributed by atoms with Crippen LogP contribution in [0.1, 0.15) is 11.1 Å². The van der Waals surface area contributed by atoms with Gasteiger partial charge in [-0.05, 0) is 30.3 Å². The summed E-state index contributed by atoms with van der Waals surface area (Å²) < 4.78 is 7.47. The zero-order valence-electron chi connectivity index (χ0n) is 11.6. The molecule has 0 aliphatic rings. The Kier molecular flexibility index (Phi) is 4.08. The summed E-state index contributed by atoms with van der Waals surface area (Å²) in [4.78, 5) is 0. The average Bonchev–Trinajstić information content (AvgIpc) is 3.03. The number of ether oxygens (including phenoxy) is 1. The van der Waals surface area contributed by atoms with Gasteiger partial charge < -0.3 is 4.74 Å². The first kappa shape index (κ1) is 14.2. The third-order valence-electron chi connectivity index (χ3n) is 3.11. The number of hydrogen-bond acceptors (Lipinski definition) is 3. The summed E-state index contributed by atoms with van der Waals surface area (Å²) in [7, 11) is 0. The van der Waals surface area contributed by atoms with E-state index in [-0.39, 0.29) is 0 Å². The molecule has 1 aromatic heterocycles. The fourth-order valence-electron chi connectivity index (χ4n) is 2.01. The molecule has 2 aromatic carbocycles. The Bertz CT molecular complexity index is 821. The van der Waals surface area contributed by atoms with Gasteiger partial charge in [-0.15, -0.1) is 0 Å². The van der Waals surface area contributed by atoms with Crippen molar-refractivity contribution >= 4 is 11.6 Å². The van der Waals surface area contributed by atoms with Gasteiger partial charge in [-0.1, -0.05) is 29.8 Å². The van der Waals surface area contributed by atoms with Crippen LogP contribution in [0, 0.1) is 11.3 Å². The molecule has 0 atom stereocenters. The first-order valence-corrected chi connectivity index (χ1v) is 7.05. The summed E-state index contributed by atoms with van der Waals surface area (Å²) in [6.07, 6.45) is 3.66. The monoisotopic (exact) mass is 309 g/mol. The van der Waals surface area contributed by atoms with Crippen molar-refractivity contribution in [1.82, 2.24) is 9.78 Å². The van der Waals surface area contributed by atoms with Gasteiger partial charge in [0, 0.05) is 11.8 Å². The minimum absolute atomic E-state index is 0.360. The zero-order valence-corrected chi connectivity index (χ0v) is 12.4. The first-order valence-electron chi connectivity index (χ1n) is 6.68. The van der Waals surface area contributed by atoms with Crippen LogP contribution in [-0.2, 0) is 6.61 Å². The largest absolute Gasteiger partial charge is 0.487 e. The first-order chi connectivity index (χ1) is 10.8. The van der Waals surface area contributed by atoms with Gasteiger partial charge in [0.1, 0.15) is 12.4 Å². The smallest absolute Gasteiger partial charge is 0.138 e. The van der Waals surface area contributed by atoms with Gasteiger partial charge in [-0.3, -0.25) is 0 Å². The Morgan fingerprint density at radius 2 is 2.00 bits per heavy atom. The summed E-state index contributed by atoms with van der Waals surface area (Å²) in [6.45, 7) is 0.360. The van der Waals surface area contributed by atoms with Crippen molar-refractivity contribution < 1.29 is 4.74 Å². The summed E-state index contributed by atoms with van der Waals surface area (Å²) in [6, 6.07) is 16.8. The van der Waals surface area contributed by atoms with Gasteiger partial charge in [-0.2, -0.15) is 10.4 Å². The molecule has 22 heavy (non-hydrogen) atoms. The van der Waals surface area contributed by atoms with Crippen LogP contribution < -0.4 is 4.74 Å².